The first-order valence-corrected chi connectivity index (χ1v) is 7.28. The molecule has 2 aromatic heterocycles. The molecule has 0 bridgehead atoms. The van der Waals surface area contributed by atoms with Gasteiger partial charge in [0.05, 0.1) is 22.1 Å². The maximum absolute atomic E-state index is 12.5. The molecule has 0 aliphatic carbocycles. The van der Waals surface area contributed by atoms with Gasteiger partial charge in [-0.25, -0.2) is 4.68 Å². The summed E-state index contributed by atoms with van der Waals surface area (Å²) in [7, 11) is 0. The van der Waals surface area contributed by atoms with Crippen LogP contribution in [-0.4, -0.2) is 14.8 Å². The molecule has 21 heavy (non-hydrogen) atoms. The number of H-pyrrole nitrogens is 1. The highest BCUT2D eigenvalue weighted by Gasteiger charge is 2.11. The second-order valence-corrected chi connectivity index (χ2v) is 5.71. The van der Waals surface area contributed by atoms with Gasteiger partial charge in [0.25, 0.3) is 5.56 Å². The summed E-state index contributed by atoms with van der Waals surface area (Å²) >= 11 is 3.40. The van der Waals surface area contributed by atoms with E-state index in [2.05, 4.69) is 26.0 Å². The van der Waals surface area contributed by atoms with Gasteiger partial charge in [0, 0.05) is 16.1 Å². The molecule has 2 aromatic carbocycles. The standard InChI is InChI=1S/C16H10BrN3O/c17-10-5-7-11(8-6-10)20-16(21)13-9-18-14-4-2-1-3-12(14)15(13)19-20/h1-9,19H. The molecule has 0 aliphatic heterocycles. The van der Waals surface area contributed by atoms with Crippen LogP contribution in [0.3, 0.4) is 0 Å². The molecular formula is C16H10BrN3O. The highest BCUT2D eigenvalue weighted by atomic mass is 79.9. The number of pyridine rings is 1. The summed E-state index contributed by atoms with van der Waals surface area (Å²) in [5.74, 6) is 0. The fourth-order valence-corrected chi connectivity index (χ4v) is 2.74. The average Bonchev–Trinajstić information content (AvgIpc) is 2.86. The second-order valence-electron chi connectivity index (χ2n) is 4.79. The van der Waals surface area contributed by atoms with Crippen LogP contribution < -0.4 is 5.56 Å². The minimum Gasteiger partial charge on any atom is -0.290 e. The van der Waals surface area contributed by atoms with E-state index in [1.165, 1.54) is 0 Å². The third kappa shape index (κ3) is 1.89. The van der Waals surface area contributed by atoms with Crippen molar-refractivity contribution in [3.8, 4) is 5.69 Å². The van der Waals surface area contributed by atoms with Gasteiger partial charge in [0.2, 0.25) is 0 Å². The summed E-state index contributed by atoms with van der Waals surface area (Å²) in [5, 5.41) is 4.73. The van der Waals surface area contributed by atoms with E-state index < -0.39 is 0 Å². The maximum atomic E-state index is 12.5. The molecule has 4 nitrogen and oxygen atoms in total. The van der Waals surface area contributed by atoms with E-state index in [-0.39, 0.29) is 5.56 Å². The zero-order valence-electron chi connectivity index (χ0n) is 10.9. The van der Waals surface area contributed by atoms with Crippen molar-refractivity contribution in [2.45, 2.75) is 0 Å². The minimum absolute atomic E-state index is 0.0921. The van der Waals surface area contributed by atoms with Gasteiger partial charge >= 0.3 is 0 Å². The van der Waals surface area contributed by atoms with Crippen LogP contribution in [0.5, 0.6) is 0 Å². The van der Waals surface area contributed by atoms with E-state index in [0.29, 0.717) is 5.39 Å². The lowest BCUT2D eigenvalue weighted by Gasteiger charge is -2.01. The lowest BCUT2D eigenvalue weighted by atomic mass is 10.2. The van der Waals surface area contributed by atoms with Crippen LogP contribution in [0.1, 0.15) is 0 Å². The Balaban J connectivity index is 2.07. The monoisotopic (exact) mass is 339 g/mol. The molecule has 0 saturated heterocycles. The molecule has 0 radical (unpaired) electrons. The second kappa shape index (κ2) is 4.56. The number of fused-ring (bicyclic) bond motifs is 3. The number of hydrogen-bond acceptors (Lipinski definition) is 2. The van der Waals surface area contributed by atoms with Gasteiger partial charge in [0.1, 0.15) is 0 Å². The van der Waals surface area contributed by atoms with Gasteiger partial charge in [-0.15, -0.1) is 0 Å². The molecule has 0 unspecified atom stereocenters. The van der Waals surface area contributed by atoms with Gasteiger partial charge in [-0.05, 0) is 30.3 Å². The van der Waals surface area contributed by atoms with Crippen molar-refractivity contribution in [2.75, 3.05) is 0 Å². The van der Waals surface area contributed by atoms with Crippen molar-refractivity contribution in [3.63, 3.8) is 0 Å². The van der Waals surface area contributed by atoms with Crippen molar-refractivity contribution in [1.29, 1.82) is 0 Å². The molecule has 0 aliphatic rings. The third-order valence-corrected chi connectivity index (χ3v) is 4.05. The van der Waals surface area contributed by atoms with Crippen molar-refractivity contribution in [2.24, 2.45) is 0 Å². The molecule has 102 valence electrons. The minimum atomic E-state index is -0.0921. The number of nitrogens with zero attached hydrogens (tertiary/aromatic N) is 2. The molecule has 0 fully saturated rings. The number of halogens is 1. The molecule has 4 rings (SSSR count). The molecule has 0 atom stereocenters. The molecule has 2 heterocycles. The van der Waals surface area contributed by atoms with Crippen LogP contribution in [0.4, 0.5) is 0 Å². The number of benzene rings is 2. The maximum Gasteiger partial charge on any atom is 0.280 e. The Morgan fingerprint density at radius 1 is 1.00 bits per heavy atom. The zero-order chi connectivity index (χ0) is 14.4. The lowest BCUT2D eigenvalue weighted by Crippen LogP contribution is -2.13. The van der Waals surface area contributed by atoms with Gasteiger partial charge in [-0.3, -0.25) is 14.9 Å². The third-order valence-electron chi connectivity index (χ3n) is 3.52. The number of aromatic amines is 1. The normalized spacial score (nSPS) is 11.3. The smallest absolute Gasteiger partial charge is 0.280 e. The van der Waals surface area contributed by atoms with Crippen LogP contribution >= 0.6 is 15.9 Å². The van der Waals surface area contributed by atoms with Crippen molar-refractivity contribution in [3.05, 3.63) is 69.6 Å². The Kier molecular flexibility index (Phi) is 2.68. The Morgan fingerprint density at radius 3 is 2.57 bits per heavy atom. The summed E-state index contributed by atoms with van der Waals surface area (Å²) in [4.78, 5) is 16.9. The molecule has 5 heteroatoms. The highest BCUT2D eigenvalue weighted by Crippen LogP contribution is 2.21. The summed E-state index contributed by atoms with van der Waals surface area (Å²) in [6.45, 7) is 0. The number of aromatic nitrogens is 3. The lowest BCUT2D eigenvalue weighted by molar-refractivity contribution is 0.864. The Morgan fingerprint density at radius 2 is 1.76 bits per heavy atom. The number of hydrogen-bond donors (Lipinski definition) is 1. The molecule has 0 amide bonds. The van der Waals surface area contributed by atoms with Crippen LogP contribution in [0.2, 0.25) is 0 Å². The average molecular weight is 340 g/mol. The summed E-state index contributed by atoms with van der Waals surface area (Å²) in [6, 6.07) is 15.4. The quantitative estimate of drug-likeness (QED) is 0.575. The molecule has 4 aromatic rings. The Bertz CT molecular complexity index is 1020. The van der Waals surface area contributed by atoms with Gasteiger partial charge < -0.3 is 0 Å². The van der Waals surface area contributed by atoms with Crippen molar-refractivity contribution >= 4 is 37.7 Å². The number of nitrogens with one attached hydrogen (secondary N) is 1. The largest absolute Gasteiger partial charge is 0.290 e. The summed E-state index contributed by atoms with van der Waals surface area (Å²) in [6.07, 6.45) is 1.63. The first kappa shape index (κ1) is 12.3. The van der Waals surface area contributed by atoms with E-state index >= 15 is 0 Å². The van der Waals surface area contributed by atoms with E-state index in [1.807, 2.05) is 48.5 Å². The number of rotatable bonds is 1. The molecule has 0 spiro atoms. The fraction of sp³-hybridized carbons (Fsp3) is 0. The van der Waals surface area contributed by atoms with Gasteiger partial charge in [-0.1, -0.05) is 34.1 Å². The van der Waals surface area contributed by atoms with Gasteiger partial charge in [-0.2, -0.15) is 0 Å². The van der Waals surface area contributed by atoms with E-state index in [0.717, 1.165) is 26.6 Å². The summed E-state index contributed by atoms with van der Waals surface area (Å²) in [5.41, 5.74) is 2.39. The summed E-state index contributed by atoms with van der Waals surface area (Å²) < 4.78 is 2.52. The van der Waals surface area contributed by atoms with Crippen molar-refractivity contribution in [1.82, 2.24) is 14.8 Å². The van der Waals surface area contributed by atoms with Crippen LogP contribution in [0.25, 0.3) is 27.5 Å². The first-order valence-electron chi connectivity index (χ1n) is 6.48. The highest BCUT2D eigenvalue weighted by molar-refractivity contribution is 9.10. The van der Waals surface area contributed by atoms with Crippen LogP contribution in [0, 0.1) is 0 Å². The van der Waals surface area contributed by atoms with E-state index in [4.69, 9.17) is 0 Å². The van der Waals surface area contributed by atoms with Gasteiger partial charge in [0.15, 0.2) is 0 Å². The number of para-hydroxylation sites is 1. The van der Waals surface area contributed by atoms with Crippen LogP contribution in [-0.2, 0) is 0 Å². The van der Waals surface area contributed by atoms with Crippen molar-refractivity contribution < 1.29 is 0 Å². The SMILES string of the molecule is O=c1c2cnc3ccccc3c2[nH]n1-c1ccc(Br)cc1. The predicted molar refractivity (Wildman–Crippen MR) is 86.9 cm³/mol. The topological polar surface area (TPSA) is 50.7 Å². The Hall–Kier alpha value is -2.40. The fourth-order valence-electron chi connectivity index (χ4n) is 2.48. The van der Waals surface area contributed by atoms with E-state index in [9.17, 15) is 4.79 Å². The first-order chi connectivity index (χ1) is 10.2. The molecular weight excluding hydrogens is 330 g/mol. The van der Waals surface area contributed by atoms with Crippen LogP contribution in [0.15, 0.2) is 64.0 Å². The Labute approximate surface area is 128 Å². The molecule has 0 saturated carbocycles. The van der Waals surface area contributed by atoms with E-state index in [1.54, 1.807) is 10.9 Å². The molecule has 1 N–H and O–H groups in total. The zero-order valence-corrected chi connectivity index (χ0v) is 12.5. The predicted octanol–water partition coefficient (Wildman–Crippen LogP) is 3.63.